The van der Waals surface area contributed by atoms with Gasteiger partial charge in [-0.2, -0.15) is 0 Å². The number of unbranched alkanes of at least 4 members (excludes halogenated alkanes) is 28. The van der Waals surface area contributed by atoms with Crippen LogP contribution in [-0.2, 0) is 28.5 Å². The molecule has 0 aromatic carbocycles. The third-order valence-corrected chi connectivity index (χ3v) is 13.4. The second kappa shape index (κ2) is 58.1. The van der Waals surface area contributed by atoms with Gasteiger partial charge < -0.3 is 28.6 Å². The van der Waals surface area contributed by atoms with Crippen molar-refractivity contribution in [2.45, 2.75) is 291 Å². The van der Waals surface area contributed by atoms with Gasteiger partial charge >= 0.3 is 5.97 Å². The quantitative estimate of drug-likeness (QED) is 0.0260. The molecule has 0 unspecified atom stereocenters. The van der Waals surface area contributed by atoms with E-state index in [0.29, 0.717) is 33.0 Å². The van der Waals surface area contributed by atoms with Crippen molar-refractivity contribution in [2.75, 3.05) is 53.7 Å². The van der Waals surface area contributed by atoms with E-state index in [-0.39, 0.29) is 24.5 Å². The van der Waals surface area contributed by atoms with Gasteiger partial charge in [0.05, 0.1) is 39.0 Å². The van der Waals surface area contributed by atoms with Crippen molar-refractivity contribution in [3.8, 4) is 0 Å². The normalized spacial score (nSPS) is 13.6. The maximum atomic E-state index is 13.3. The standard InChI is InChI=1S/C63H119NO6/c1-7-11-15-19-29-37-45-55-66-61(67-56-46-38-30-20-16-12-8-2)52-43-35-27-23-25-33-41-50-60(63(65)70-59-49-54-64(5)6)51-42-34-26-24-28-36-44-53-62(68-57-47-39-31-21-17-13-9-3)69-58-48-40-32-22-18-14-10-4/h37-40,45-48,60-62H,7-36,41-44,49-59H2,1-6H3. The van der Waals surface area contributed by atoms with E-state index in [1.165, 1.54) is 167 Å². The molecule has 0 saturated heterocycles. The van der Waals surface area contributed by atoms with Crippen LogP contribution in [0.25, 0.3) is 0 Å². The van der Waals surface area contributed by atoms with E-state index in [1.807, 2.05) is 0 Å². The highest BCUT2D eigenvalue weighted by atomic mass is 16.7. The summed E-state index contributed by atoms with van der Waals surface area (Å²) in [6.45, 7) is 13.1. The first kappa shape index (κ1) is 68.2. The molecule has 0 aromatic rings. The number of carbonyl (C=O) groups excluding carboxylic acids is 1. The Morgan fingerprint density at radius 3 is 0.943 bits per heavy atom. The summed E-state index contributed by atoms with van der Waals surface area (Å²) in [4.78, 5) is 15.4. The predicted molar refractivity (Wildman–Crippen MR) is 304 cm³/mol. The van der Waals surface area contributed by atoms with Gasteiger partial charge in [0.15, 0.2) is 12.6 Å². The molecule has 0 saturated carbocycles. The van der Waals surface area contributed by atoms with Crippen LogP contribution in [0.4, 0.5) is 0 Å². The number of hydrogen-bond donors (Lipinski definition) is 0. The summed E-state index contributed by atoms with van der Waals surface area (Å²) in [7, 11) is 4.15. The van der Waals surface area contributed by atoms with Crippen LogP contribution in [0.2, 0.25) is 0 Å². The summed E-state index contributed by atoms with van der Waals surface area (Å²) >= 11 is 0. The van der Waals surface area contributed by atoms with Crippen LogP contribution in [0.1, 0.15) is 278 Å². The summed E-state index contributed by atoms with van der Waals surface area (Å²) in [6.07, 6.45) is 64.4. The van der Waals surface area contributed by atoms with E-state index in [4.69, 9.17) is 23.7 Å². The van der Waals surface area contributed by atoms with Gasteiger partial charge in [-0.3, -0.25) is 4.79 Å². The van der Waals surface area contributed by atoms with Crippen molar-refractivity contribution < 1.29 is 28.5 Å². The molecule has 0 bridgehead atoms. The average Bonchev–Trinajstić information content (AvgIpc) is 3.35. The molecule has 0 amide bonds. The number of hydrogen-bond acceptors (Lipinski definition) is 7. The Bertz CT molecular complexity index is 1030. The van der Waals surface area contributed by atoms with E-state index in [1.54, 1.807) is 0 Å². The third-order valence-electron chi connectivity index (χ3n) is 13.4. The van der Waals surface area contributed by atoms with Crippen LogP contribution >= 0.6 is 0 Å². The van der Waals surface area contributed by atoms with Gasteiger partial charge in [0.25, 0.3) is 0 Å². The van der Waals surface area contributed by atoms with Crippen molar-refractivity contribution >= 4 is 5.97 Å². The molecule has 0 aliphatic heterocycles. The minimum atomic E-state index is -0.136. The molecule has 0 N–H and O–H groups in total. The van der Waals surface area contributed by atoms with Crippen molar-refractivity contribution in [2.24, 2.45) is 5.92 Å². The van der Waals surface area contributed by atoms with Crippen LogP contribution in [0, 0.1) is 5.92 Å². The third kappa shape index (κ3) is 52.5. The molecule has 0 rings (SSSR count). The molecular formula is C63H119NO6. The molecule has 0 aliphatic rings. The van der Waals surface area contributed by atoms with E-state index >= 15 is 0 Å². The van der Waals surface area contributed by atoms with E-state index < -0.39 is 0 Å². The first-order valence-electron chi connectivity index (χ1n) is 30.4. The Balaban J connectivity index is 4.66. The zero-order chi connectivity index (χ0) is 50.9. The minimum absolute atomic E-state index is 0.0339. The van der Waals surface area contributed by atoms with E-state index in [9.17, 15) is 4.79 Å². The smallest absolute Gasteiger partial charge is 0.308 e. The van der Waals surface area contributed by atoms with Gasteiger partial charge in [0.2, 0.25) is 0 Å². The van der Waals surface area contributed by atoms with Crippen LogP contribution in [0.15, 0.2) is 48.6 Å². The predicted octanol–water partition coefficient (Wildman–Crippen LogP) is 18.9. The van der Waals surface area contributed by atoms with Crippen molar-refractivity contribution in [3.63, 3.8) is 0 Å². The number of esters is 1. The minimum Gasteiger partial charge on any atom is -0.465 e. The van der Waals surface area contributed by atoms with Crippen LogP contribution in [0.3, 0.4) is 0 Å². The number of nitrogens with zero attached hydrogens (tertiary/aromatic N) is 1. The van der Waals surface area contributed by atoms with Crippen molar-refractivity contribution in [3.05, 3.63) is 48.6 Å². The first-order chi connectivity index (χ1) is 34.5. The second-order valence-corrected chi connectivity index (χ2v) is 20.6. The molecule has 0 atom stereocenters. The highest BCUT2D eigenvalue weighted by Crippen LogP contribution is 2.22. The number of ether oxygens (including phenoxy) is 5. The Kier molecular flexibility index (Phi) is 56.7. The largest absolute Gasteiger partial charge is 0.465 e. The average molecular weight is 987 g/mol. The lowest BCUT2D eigenvalue weighted by atomic mass is 9.94. The monoisotopic (exact) mass is 986 g/mol. The lowest BCUT2D eigenvalue weighted by molar-refractivity contribution is -0.149. The molecule has 0 heterocycles. The lowest BCUT2D eigenvalue weighted by Gasteiger charge is -2.17. The fourth-order valence-electron chi connectivity index (χ4n) is 8.80. The van der Waals surface area contributed by atoms with Crippen LogP contribution in [0.5, 0.6) is 0 Å². The van der Waals surface area contributed by atoms with Gasteiger partial charge in [-0.1, -0.05) is 230 Å². The molecular weight excluding hydrogens is 867 g/mol. The van der Waals surface area contributed by atoms with Crippen LogP contribution in [-0.4, -0.2) is 77.1 Å². The lowest BCUT2D eigenvalue weighted by Crippen LogP contribution is -2.21. The van der Waals surface area contributed by atoms with E-state index in [2.05, 4.69) is 95.3 Å². The molecule has 7 nitrogen and oxygen atoms in total. The second-order valence-electron chi connectivity index (χ2n) is 20.6. The molecule has 0 radical (unpaired) electrons. The number of rotatable bonds is 57. The van der Waals surface area contributed by atoms with Crippen molar-refractivity contribution in [1.29, 1.82) is 0 Å². The zero-order valence-corrected chi connectivity index (χ0v) is 47.6. The molecule has 70 heavy (non-hydrogen) atoms. The fraction of sp³-hybridized carbons (Fsp3) is 0.857. The first-order valence-corrected chi connectivity index (χ1v) is 30.4. The van der Waals surface area contributed by atoms with Gasteiger partial charge in [0, 0.05) is 6.54 Å². The summed E-state index contributed by atoms with van der Waals surface area (Å²) < 4.78 is 30.6. The highest BCUT2D eigenvalue weighted by molar-refractivity contribution is 5.72. The zero-order valence-electron chi connectivity index (χ0n) is 47.6. The maximum absolute atomic E-state index is 13.3. The Morgan fingerprint density at radius 2 is 0.643 bits per heavy atom. The molecule has 0 aromatic heterocycles. The van der Waals surface area contributed by atoms with Crippen LogP contribution < -0.4 is 0 Å². The molecule has 7 heteroatoms. The Labute approximate surface area is 436 Å². The highest BCUT2D eigenvalue weighted by Gasteiger charge is 2.19. The molecule has 0 spiro atoms. The van der Waals surface area contributed by atoms with E-state index in [0.717, 1.165) is 90.0 Å². The van der Waals surface area contributed by atoms with Gasteiger partial charge in [-0.15, -0.1) is 0 Å². The Hall–Kier alpha value is -1.77. The molecule has 412 valence electrons. The molecule has 0 fully saturated rings. The number of carbonyl (C=O) groups is 1. The topological polar surface area (TPSA) is 66.5 Å². The summed E-state index contributed by atoms with van der Waals surface area (Å²) in [6, 6.07) is 0. The Morgan fingerprint density at radius 1 is 0.357 bits per heavy atom. The van der Waals surface area contributed by atoms with Gasteiger partial charge in [0.1, 0.15) is 0 Å². The number of allylic oxidation sites excluding steroid dienone is 4. The van der Waals surface area contributed by atoms with Gasteiger partial charge in [-0.25, -0.2) is 0 Å². The molecule has 0 aliphatic carbocycles. The summed E-state index contributed by atoms with van der Waals surface area (Å²) in [5, 5.41) is 0. The summed E-state index contributed by atoms with van der Waals surface area (Å²) in [5.74, 6) is 0.0680. The summed E-state index contributed by atoms with van der Waals surface area (Å²) in [5.41, 5.74) is 0. The fourth-order valence-corrected chi connectivity index (χ4v) is 8.80. The van der Waals surface area contributed by atoms with Gasteiger partial charge in [-0.05, 0) is 110 Å². The SMILES string of the molecule is CCCCCCC=CCOC(CCCCCCCCCC(CCCCCCCCCC(OCC=CCCCCCC)OCC=CCCCCCC)C(=O)OCCCN(C)C)OCC=CCCCCCC. The maximum Gasteiger partial charge on any atom is 0.308 e. The van der Waals surface area contributed by atoms with Crippen molar-refractivity contribution in [1.82, 2.24) is 4.90 Å².